The van der Waals surface area contributed by atoms with E-state index in [1.54, 1.807) is 54.8 Å². The number of hydrogen-bond donors (Lipinski definition) is 0. The van der Waals surface area contributed by atoms with Gasteiger partial charge in [-0.1, -0.05) is 320 Å². The van der Waals surface area contributed by atoms with Crippen LogP contribution < -0.4 is 0 Å². The number of hydrogen-bond acceptors (Lipinski definition) is 17. The standard InChI is InChI=1S/C12H13N.C10H14.C9H13N.C8H14N2.C8H13N.2C8H11N.2C8H12S.C7H10N2.C7H12N2.2C7H10N2.2C7H11N/c1-9(2)11-7-10-5-3-4-6-12(10)13-8-11;1-10(2,3)9-7-5-4-6-8-9;1-9(2,3)8-6-4-5-7-10-8;1-6(2)8-5-7(3)10(4)9-8;1-6(2)8-4-7(3)5-9-8;1-7(2)8-3-5-9-6-4-8;1-7(2)8-4-3-5-9-6-8;1-8(2,3)7-4-5-9-6-7;1-8(2,3)7-5-4-6-9-7;1-6(2)7-3-8-5-9-4-7;1-6(2)7-4-5-9(3)8-7;1-6(2)7-5-8-3-4-9-7;1-6(2)7-3-4-8-9-5-7;1-6(2)7-3-4-8-5-7;1-6(2)7-4-3-5-8-7/h3-9H,1-2H3;4-8H,1-3H3;4-7H,1-3H3;5-6H,1-4H3;4,6H,5H2,1-3H3;2*3-7H,1-2H3;2*4-6H,1-3H3;3-6H,1-2H3;4-6H,1-3H3;2*3-6H,1-2H3;3,5-6H,4H2,1-2H3;3-4,6H,5H2,1-2H3. The topological polar surface area (TPSA) is 202 Å². The van der Waals surface area contributed by atoms with Gasteiger partial charge in [0.2, 0.25) is 0 Å². The van der Waals surface area contributed by atoms with Crippen molar-refractivity contribution in [2.24, 2.45) is 46.8 Å². The Bertz CT molecular complexity index is 5110. The molecule has 0 unspecified atom stereocenters. The minimum Gasteiger partial charge on any atom is -0.289 e. The van der Waals surface area contributed by atoms with Gasteiger partial charge in [0.25, 0.3) is 0 Å². The molecule has 19 heteroatoms. The largest absolute Gasteiger partial charge is 0.289 e. The molecule has 0 saturated heterocycles. The molecular formula is C121H177N17S2. The summed E-state index contributed by atoms with van der Waals surface area (Å²) in [6.07, 6.45) is 37.6. The van der Waals surface area contributed by atoms with Crippen molar-refractivity contribution < 1.29 is 0 Å². The average molecular weight is 1930 g/mol. The molecule has 0 saturated carbocycles. The van der Waals surface area contributed by atoms with Crippen LogP contribution in [-0.2, 0) is 35.8 Å². The first-order chi connectivity index (χ1) is 65.8. The van der Waals surface area contributed by atoms with Crippen LogP contribution in [0.3, 0.4) is 0 Å². The summed E-state index contributed by atoms with van der Waals surface area (Å²) >= 11 is 3.60. The van der Waals surface area contributed by atoms with Crippen LogP contribution in [0, 0.1) is 24.7 Å². The van der Waals surface area contributed by atoms with Crippen LogP contribution in [0.25, 0.3) is 10.9 Å². The quantitative estimate of drug-likeness (QED) is 0.119. The van der Waals surface area contributed by atoms with Crippen molar-refractivity contribution in [2.45, 2.75) is 318 Å². The second kappa shape index (κ2) is 67.1. The Labute approximate surface area is 856 Å². The summed E-state index contributed by atoms with van der Waals surface area (Å²) in [6, 6.07) is 47.8. The van der Waals surface area contributed by atoms with Crippen LogP contribution in [0.4, 0.5) is 0 Å². The number of thiophene rings is 2. The van der Waals surface area contributed by atoms with Gasteiger partial charge >= 0.3 is 0 Å². The highest BCUT2D eigenvalue weighted by Crippen LogP contribution is 2.28. The van der Waals surface area contributed by atoms with Crippen molar-refractivity contribution in [3.63, 3.8) is 0 Å². The predicted octanol–water partition coefficient (Wildman–Crippen LogP) is 32.8. The molecule has 14 heterocycles. The Kier molecular flexibility index (Phi) is 59.7. The third-order valence-electron chi connectivity index (χ3n) is 21.6. The second-order valence-electron chi connectivity index (χ2n) is 42.1. The van der Waals surface area contributed by atoms with E-state index in [0.717, 1.165) is 42.2 Å². The highest BCUT2D eigenvalue weighted by molar-refractivity contribution is 7.10. The number of allylic oxidation sites excluding steroid dienone is 3. The molecule has 3 aliphatic heterocycles. The number of fused-ring (bicyclic) bond motifs is 1. The van der Waals surface area contributed by atoms with Gasteiger partial charge in [0, 0.05) is 139 Å². The number of para-hydroxylation sites is 1. The fraction of sp³-hybridized carbons (Fsp3) is 0.463. The molecule has 0 amide bonds. The van der Waals surface area contributed by atoms with E-state index in [1.165, 1.54) is 83.2 Å². The van der Waals surface area contributed by atoms with E-state index < -0.39 is 0 Å². The number of nitrogens with zero attached hydrogens (tertiary/aromatic N) is 17. The van der Waals surface area contributed by atoms with Gasteiger partial charge in [-0.2, -0.15) is 31.7 Å². The zero-order valence-corrected chi connectivity index (χ0v) is 94.6. The SMILES string of the molecule is CC(C)(C)c1ccccc1.CC(C)(C)c1ccccn1.CC(C)(C)c1cccs1.CC(C)(C)c1ccsc1.CC(C)C1=CCN=C1.CC(C)C1=NCC=C1.CC(C)c1cccnc1.CC(C)c1ccn(C)n1.CC(C)c1ccncc1.CC(C)c1ccnnc1.CC(C)c1cnc2ccccc2c1.CC(C)c1cnccn1.CC(C)c1cncnc1.CC1=CC(C(C)C)=NC1.Cc1cc(C(C)C)nn1C. The van der Waals surface area contributed by atoms with Gasteiger partial charge in [0.1, 0.15) is 6.33 Å². The van der Waals surface area contributed by atoms with Gasteiger partial charge in [0.05, 0.1) is 48.4 Å². The van der Waals surface area contributed by atoms with Gasteiger partial charge in [-0.15, -0.1) is 11.3 Å². The third kappa shape index (κ3) is 55.0. The molecular weight excluding hydrogens is 1760 g/mol. The molecule has 17 nitrogen and oxygen atoms in total. The number of benzene rings is 2. The second-order valence-corrected chi connectivity index (χ2v) is 43.9. The average Bonchev–Trinajstić information content (AvgIpc) is 1.25. The van der Waals surface area contributed by atoms with Crippen molar-refractivity contribution in [3.8, 4) is 0 Å². The number of pyridine rings is 4. The summed E-state index contributed by atoms with van der Waals surface area (Å²) in [5.74, 6) is 6.29. The summed E-state index contributed by atoms with van der Waals surface area (Å²) in [5.41, 5.74) is 22.5. The lowest BCUT2D eigenvalue weighted by atomic mass is 9.87. The molecule has 0 radical (unpaired) electrons. The normalized spacial score (nSPS) is 12.1. The van der Waals surface area contributed by atoms with E-state index in [4.69, 9.17) is 0 Å². The number of aryl methyl sites for hydroxylation is 3. The van der Waals surface area contributed by atoms with Crippen LogP contribution >= 0.6 is 22.7 Å². The molecule has 0 bridgehead atoms. The van der Waals surface area contributed by atoms with E-state index in [9.17, 15) is 0 Å². The summed E-state index contributed by atoms with van der Waals surface area (Å²) in [5, 5.41) is 23.7. The van der Waals surface area contributed by atoms with Crippen molar-refractivity contribution in [3.05, 3.63) is 356 Å². The molecule has 0 atom stereocenters. The van der Waals surface area contributed by atoms with Crippen LogP contribution in [0.2, 0.25) is 0 Å². The zero-order valence-electron chi connectivity index (χ0n) is 92.9. The summed E-state index contributed by atoms with van der Waals surface area (Å²) in [7, 11) is 3.91. The molecule has 16 rings (SSSR count). The van der Waals surface area contributed by atoms with Gasteiger partial charge in [-0.05, 0) is 241 Å². The Morgan fingerprint density at radius 1 is 0.371 bits per heavy atom. The van der Waals surface area contributed by atoms with Crippen LogP contribution in [0.5, 0.6) is 0 Å². The van der Waals surface area contributed by atoms with Gasteiger partial charge < -0.3 is 0 Å². The molecule has 0 spiro atoms. The van der Waals surface area contributed by atoms with Crippen molar-refractivity contribution in [2.75, 3.05) is 19.6 Å². The molecule has 3 aliphatic rings. The van der Waals surface area contributed by atoms with Crippen molar-refractivity contribution in [1.82, 2.24) is 69.6 Å². The molecule has 13 aromatic rings. The smallest absolute Gasteiger partial charge is 0.115 e. The number of rotatable bonds is 11. The fourth-order valence-electron chi connectivity index (χ4n) is 11.9. The van der Waals surface area contributed by atoms with E-state index in [1.807, 2.05) is 151 Å². The highest BCUT2D eigenvalue weighted by Gasteiger charge is 2.17. The van der Waals surface area contributed by atoms with Crippen molar-refractivity contribution >= 4 is 51.2 Å². The summed E-state index contributed by atoms with van der Waals surface area (Å²) < 4.78 is 3.74. The van der Waals surface area contributed by atoms with Gasteiger partial charge in [-0.3, -0.25) is 54.2 Å². The number of aromatic nitrogens is 14. The summed E-state index contributed by atoms with van der Waals surface area (Å²) in [6.45, 7) is 80.9. The van der Waals surface area contributed by atoms with Crippen molar-refractivity contribution in [1.29, 1.82) is 0 Å². The molecule has 140 heavy (non-hydrogen) atoms. The fourth-order valence-corrected chi connectivity index (χ4v) is 13.6. The number of aliphatic imine (C=N–C) groups is 3. The van der Waals surface area contributed by atoms with E-state index in [2.05, 4.69) is 444 Å². The maximum atomic E-state index is 4.40. The Morgan fingerprint density at radius 2 is 0.950 bits per heavy atom. The predicted molar refractivity (Wildman–Crippen MR) is 608 cm³/mol. The monoisotopic (exact) mass is 1930 g/mol. The first-order valence-electron chi connectivity index (χ1n) is 49.9. The van der Waals surface area contributed by atoms with E-state index in [-0.39, 0.29) is 5.41 Å². The maximum absolute atomic E-state index is 4.40. The minimum absolute atomic E-state index is 0.182. The van der Waals surface area contributed by atoms with Gasteiger partial charge in [0.15, 0.2) is 0 Å². The third-order valence-corrected chi connectivity index (χ3v) is 23.5. The van der Waals surface area contributed by atoms with Gasteiger partial charge in [-0.25, -0.2) is 9.97 Å². The Hall–Kier alpha value is -11.4. The van der Waals surface area contributed by atoms with Crippen LogP contribution in [0.1, 0.15) is 362 Å². The lowest BCUT2D eigenvalue weighted by Crippen LogP contribution is -2.12. The first kappa shape index (κ1) is 125. The molecule has 2 aromatic carbocycles. The minimum atomic E-state index is 0.182. The zero-order chi connectivity index (χ0) is 105. The first-order valence-corrected chi connectivity index (χ1v) is 51.7. The lowest BCUT2D eigenvalue weighted by Gasteiger charge is -2.18. The molecule has 11 aromatic heterocycles. The highest BCUT2D eigenvalue weighted by atomic mass is 32.1. The lowest BCUT2D eigenvalue weighted by molar-refractivity contribution is 0.569. The van der Waals surface area contributed by atoms with E-state index >= 15 is 0 Å². The Morgan fingerprint density at radius 3 is 1.27 bits per heavy atom. The Balaban J connectivity index is 0.000000508. The maximum Gasteiger partial charge on any atom is 0.115 e. The molecule has 0 N–H and O–H groups in total. The van der Waals surface area contributed by atoms with E-state index in [0.29, 0.717) is 81.3 Å². The molecule has 0 aliphatic carbocycles. The van der Waals surface area contributed by atoms with Crippen LogP contribution in [-0.4, -0.2) is 107 Å². The molecule has 758 valence electrons. The van der Waals surface area contributed by atoms with Crippen LogP contribution in [0.15, 0.2) is 299 Å². The molecule has 0 fully saturated rings. The summed E-state index contributed by atoms with van der Waals surface area (Å²) in [4.78, 5) is 46.5.